The molecule has 0 saturated heterocycles. The lowest BCUT2D eigenvalue weighted by Gasteiger charge is -2.09. The maximum absolute atomic E-state index is 13.5. The van der Waals surface area contributed by atoms with Crippen molar-refractivity contribution in [1.82, 2.24) is 0 Å². The third-order valence-corrected chi connectivity index (χ3v) is 2.93. The molecule has 0 unspecified atom stereocenters. The molecule has 0 heterocycles. The van der Waals surface area contributed by atoms with Gasteiger partial charge in [0.15, 0.2) is 0 Å². The molecule has 2 rings (SSSR count). The SMILES string of the molecule is N#Cc1cc(Br)cc(Nc2cc(Cl)ccc2F)c1. The predicted octanol–water partition coefficient (Wildman–Crippen LogP) is 4.86. The van der Waals surface area contributed by atoms with Gasteiger partial charge in [0, 0.05) is 15.2 Å². The Morgan fingerprint density at radius 1 is 1.22 bits per heavy atom. The molecule has 0 aliphatic heterocycles. The molecule has 0 radical (unpaired) electrons. The summed E-state index contributed by atoms with van der Waals surface area (Å²) in [7, 11) is 0. The summed E-state index contributed by atoms with van der Waals surface area (Å²) in [4.78, 5) is 0. The van der Waals surface area contributed by atoms with Gasteiger partial charge < -0.3 is 5.32 Å². The fraction of sp³-hybridized carbons (Fsp3) is 0. The lowest BCUT2D eigenvalue weighted by atomic mass is 10.2. The topological polar surface area (TPSA) is 35.8 Å². The van der Waals surface area contributed by atoms with Crippen LogP contribution in [0.5, 0.6) is 0 Å². The van der Waals surface area contributed by atoms with E-state index in [1.807, 2.05) is 6.07 Å². The van der Waals surface area contributed by atoms with E-state index in [2.05, 4.69) is 21.2 Å². The Morgan fingerprint density at radius 2 is 2.00 bits per heavy atom. The Morgan fingerprint density at radius 3 is 2.72 bits per heavy atom. The third-order valence-electron chi connectivity index (χ3n) is 2.23. The van der Waals surface area contributed by atoms with E-state index >= 15 is 0 Å². The zero-order valence-electron chi connectivity index (χ0n) is 9.05. The lowest BCUT2D eigenvalue weighted by molar-refractivity contribution is 0.632. The molecule has 1 N–H and O–H groups in total. The number of nitrogens with one attached hydrogen (secondary N) is 1. The number of hydrogen-bond donors (Lipinski definition) is 1. The summed E-state index contributed by atoms with van der Waals surface area (Å²) < 4.78 is 14.3. The Bertz CT molecular complexity index is 637. The first-order valence-corrected chi connectivity index (χ1v) is 6.18. The number of benzene rings is 2. The quantitative estimate of drug-likeness (QED) is 0.856. The highest BCUT2D eigenvalue weighted by molar-refractivity contribution is 9.10. The normalized spacial score (nSPS) is 9.89. The van der Waals surface area contributed by atoms with Crippen molar-refractivity contribution in [2.45, 2.75) is 0 Å². The van der Waals surface area contributed by atoms with Crippen LogP contribution in [0.2, 0.25) is 5.02 Å². The molecule has 0 fully saturated rings. The van der Waals surface area contributed by atoms with Crippen LogP contribution in [0.25, 0.3) is 0 Å². The molecule has 0 atom stereocenters. The Kier molecular flexibility index (Phi) is 3.85. The van der Waals surface area contributed by atoms with Crippen molar-refractivity contribution in [3.8, 4) is 6.07 Å². The monoisotopic (exact) mass is 324 g/mol. The average molecular weight is 326 g/mol. The summed E-state index contributed by atoms with van der Waals surface area (Å²) in [5.41, 5.74) is 1.36. The molecule has 0 saturated carbocycles. The molecule has 0 aliphatic carbocycles. The smallest absolute Gasteiger partial charge is 0.146 e. The highest BCUT2D eigenvalue weighted by Crippen LogP contribution is 2.26. The van der Waals surface area contributed by atoms with Crippen LogP contribution in [-0.2, 0) is 0 Å². The van der Waals surface area contributed by atoms with E-state index in [0.29, 0.717) is 16.3 Å². The molecule has 5 heteroatoms. The molecule has 2 nitrogen and oxygen atoms in total. The van der Waals surface area contributed by atoms with Gasteiger partial charge in [0.1, 0.15) is 5.82 Å². The van der Waals surface area contributed by atoms with E-state index in [4.69, 9.17) is 16.9 Å². The van der Waals surface area contributed by atoms with Crippen molar-refractivity contribution < 1.29 is 4.39 Å². The number of nitriles is 1. The third kappa shape index (κ3) is 3.00. The maximum atomic E-state index is 13.5. The van der Waals surface area contributed by atoms with Gasteiger partial charge in [0.05, 0.1) is 17.3 Å². The van der Waals surface area contributed by atoms with Crippen LogP contribution in [0.4, 0.5) is 15.8 Å². The van der Waals surface area contributed by atoms with Crippen LogP contribution < -0.4 is 5.32 Å². The standard InChI is InChI=1S/C13H7BrClFN2/c14-9-3-8(7-17)4-11(5-9)18-13-6-10(15)1-2-12(13)16/h1-6,18H. The molecule has 0 amide bonds. The average Bonchev–Trinajstić information content (AvgIpc) is 2.33. The summed E-state index contributed by atoms with van der Waals surface area (Å²) in [5, 5.41) is 12.2. The van der Waals surface area contributed by atoms with E-state index in [1.165, 1.54) is 18.2 Å². The van der Waals surface area contributed by atoms with Gasteiger partial charge in [0.2, 0.25) is 0 Å². The van der Waals surface area contributed by atoms with Gasteiger partial charge in [-0.3, -0.25) is 0 Å². The van der Waals surface area contributed by atoms with E-state index in [-0.39, 0.29) is 5.69 Å². The summed E-state index contributed by atoms with van der Waals surface area (Å²) >= 11 is 9.09. The first kappa shape index (κ1) is 12.9. The van der Waals surface area contributed by atoms with Crippen molar-refractivity contribution in [2.75, 3.05) is 5.32 Å². The van der Waals surface area contributed by atoms with E-state index in [9.17, 15) is 4.39 Å². The van der Waals surface area contributed by atoms with Crippen LogP contribution in [0, 0.1) is 17.1 Å². The van der Waals surface area contributed by atoms with E-state index in [0.717, 1.165) is 4.47 Å². The van der Waals surface area contributed by atoms with Crippen molar-refractivity contribution in [1.29, 1.82) is 5.26 Å². The number of rotatable bonds is 2. The molecule has 0 aliphatic rings. The predicted molar refractivity (Wildman–Crippen MR) is 73.5 cm³/mol. The second-order valence-corrected chi connectivity index (χ2v) is 4.94. The van der Waals surface area contributed by atoms with E-state index < -0.39 is 5.82 Å². The summed E-state index contributed by atoms with van der Waals surface area (Å²) in [5.74, 6) is -0.405. The Labute approximate surface area is 117 Å². The molecule has 18 heavy (non-hydrogen) atoms. The molecular formula is C13H7BrClFN2. The molecular weight excluding hydrogens is 319 g/mol. The number of nitrogens with zero attached hydrogens (tertiary/aromatic N) is 1. The van der Waals surface area contributed by atoms with Gasteiger partial charge in [-0.05, 0) is 36.4 Å². The molecule has 0 aromatic heterocycles. The van der Waals surface area contributed by atoms with Crippen molar-refractivity contribution in [3.63, 3.8) is 0 Å². The Hall–Kier alpha value is -1.57. The second-order valence-electron chi connectivity index (χ2n) is 3.59. The van der Waals surface area contributed by atoms with Crippen LogP contribution in [0.15, 0.2) is 40.9 Å². The van der Waals surface area contributed by atoms with Gasteiger partial charge in [-0.15, -0.1) is 0 Å². The van der Waals surface area contributed by atoms with Crippen molar-refractivity contribution >= 4 is 38.9 Å². The van der Waals surface area contributed by atoms with Gasteiger partial charge in [-0.1, -0.05) is 27.5 Å². The minimum Gasteiger partial charge on any atom is -0.353 e. The minimum absolute atomic E-state index is 0.268. The van der Waals surface area contributed by atoms with Gasteiger partial charge in [-0.2, -0.15) is 5.26 Å². The fourth-order valence-electron chi connectivity index (χ4n) is 1.48. The molecule has 90 valence electrons. The highest BCUT2D eigenvalue weighted by atomic mass is 79.9. The lowest BCUT2D eigenvalue weighted by Crippen LogP contribution is -1.94. The molecule has 0 bridgehead atoms. The largest absolute Gasteiger partial charge is 0.353 e. The van der Waals surface area contributed by atoms with Gasteiger partial charge >= 0.3 is 0 Å². The summed E-state index contributed by atoms with van der Waals surface area (Å²) in [6.45, 7) is 0. The van der Waals surface area contributed by atoms with Gasteiger partial charge in [0.25, 0.3) is 0 Å². The molecule has 2 aromatic rings. The molecule has 0 spiro atoms. The minimum atomic E-state index is -0.405. The van der Waals surface area contributed by atoms with Crippen molar-refractivity contribution in [2.24, 2.45) is 0 Å². The van der Waals surface area contributed by atoms with Crippen LogP contribution in [-0.4, -0.2) is 0 Å². The summed E-state index contributed by atoms with van der Waals surface area (Å²) in [6, 6.07) is 11.3. The summed E-state index contributed by atoms with van der Waals surface area (Å²) in [6.07, 6.45) is 0. The van der Waals surface area contributed by atoms with E-state index in [1.54, 1.807) is 18.2 Å². The zero-order valence-corrected chi connectivity index (χ0v) is 11.4. The first-order valence-electron chi connectivity index (χ1n) is 5.01. The first-order chi connectivity index (χ1) is 8.58. The van der Waals surface area contributed by atoms with Crippen molar-refractivity contribution in [3.05, 3.63) is 57.3 Å². The second kappa shape index (κ2) is 5.38. The van der Waals surface area contributed by atoms with Crippen LogP contribution in [0.3, 0.4) is 0 Å². The highest BCUT2D eigenvalue weighted by Gasteiger charge is 2.05. The van der Waals surface area contributed by atoms with Gasteiger partial charge in [-0.25, -0.2) is 4.39 Å². The number of halogens is 3. The van der Waals surface area contributed by atoms with Crippen LogP contribution in [0.1, 0.15) is 5.56 Å². The fourth-order valence-corrected chi connectivity index (χ4v) is 2.14. The number of anilines is 2. The van der Waals surface area contributed by atoms with Crippen LogP contribution >= 0.6 is 27.5 Å². The molecule has 2 aromatic carbocycles. The zero-order chi connectivity index (χ0) is 13.1. The Balaban J connectivity index is 2.37. The maximum Gasteiger partial charge on any atom is 0.146 e. The number of hydrogen-bond acceptors (Lipinski definition) is 2.